The van der Waals surface area contributed by atoms with Gasteiger partial charge in [-0.3, -0.25) is 0 Å². The lowest BCUT2D eigenvalue weighted by atomic mass is 10.1. The Kier molecular flexibility index (Phi) is 2.57. The predicted molar refractivity (Wildman–Crippen MR) is 63.1 cm³/mol. The van der Waals surface area contributed by atoms with Gasteiger partial charge in [0.2, 0.25) is 0 Å². The van der Waals surface area contributed by atoms with E-state index in [1.165, 1.54) is 6.20 Å². The van der Waals surface area contributed by atoms with Crippen molar-refractivity contribution >= 4 is 23.0 Å². The van der Waals surface area contributed by atoms with E-state index in [1.807, 2.05) is 32.0 Å². The summed E-state index contributed by atoms with van der Waals surface area (Å²) in [5.41, 5.74) is 0. The first kappa shape index (κ1) is 10.3. The summed E-state index contributed by atoms with van der Waals surface area (Å²) in [5, 5.41) is 1.40. The Balaban J connectivity index is 2.91. The van der Waals surface area contributed by atoms with Crippen molar-refractivity contribution in [3.8, 4) is 0 Å². The quantitative estimate of drug-likeness (QED) is 0.656. The third-order valence-corrected chi connectivity index (χ3v) is 2.89. The van der Waals surface area contributed by atoms with E-state index in [4.69, 9.17) is 12.2 Å². The minimum atomic E-state index is -0.215. The molecule has 0 unspecified atom stereocenters. The number of hydrogen-bond acceptors (Lipinski definition) is 1. The van der Waals surface area contributed by atoms with E-state index < -0.39 is 0 Å². The van der Waals surface area contributed by atoms with Crippen LogP contribution in [-0.2, 0) is 0 Å². The van der Waals surface area contributed by atoms with Crippen LogP contribution in [0, 0.1) is 10.5 Å². The maximum absolute atomic E-state index is 13.7. The molecule has 0 radical (unpaired) electrons. The van der Waals surface area contributed by atoms with Gasteiger partial charge >= 0.3 is 0 Å². The molecule has 2 rings (SSSR count). The molecular formula is C12H12FNS. The molecule has 0 amide bonds. The third kappa shape index (κ3) is 1.67. The number of hydrogen-bond donors (Lipinski definition) is 0. The van der Waals surface area contributed by atoms with Crippen molar-refractivity contribution in [3.63, 3.8) is 0 Å². The molecule has 1 nitrogen and oxygen atoms in total. The van der Waals surface area contributed by atoms with Gasteiger partial charge in [-0.05, 0) is 13.8 Å². The number of fused-ring (bicyclic) bond motifs is 1. The minimum Gasteiger partial charge on any atom is -0.333 e. The van der Waals surface area contributed by atoms with Crippen molar-refractivity contribution in [2.24, 2.45) is 0 Å². The van der Waals surface area contributed by atoms with E-state index >= 15 is 0 Å². The first-order valence-corrected chi connectivity index (χ1v) is 5.31. The summed E-state index contributed by atoms with van der Waals surface area (Å²) in [4.78, 5) is 0. The van der Waals surface area contributed by atoms with E-state index in [-0.39, 0.29) is 11.9 Å². The zero-order chi connectivity index (χ0) is 11.0. The smallest absolute Gasteiger partial charge is 0.147 e. The lowest BCUT2D eigenvalue weighted by Gasteiger charge is -2.13. The molecule has 1 aromatic heterocycles. The summed E-state index contributed by atoms with van der Waals surface area (Å²) in [5.74, 6) is -0.215. The summed E-state index contributed by atoms with van der Waals surface area (Å²) < 4.78 is 16.2. The van der Waals surface area contributed by atoms with Crippen LogP contribution in [-0.4, -0.2) is 4.57 Å². The number of nitrogens with zero attached hydrogens (tertiary/aromatic N) is 1. The van der Waals surface area contributed by atoms with Gasteiger partial charge in [0.1, 0.15) is 10.5 Å². The SMILES string of the molecule is CC(C)n1cc(F)c2ccccc2c1=S. The first-order chi connectivity index (χ1) is 7.11. The van der Waals surface area contributed by atoms with Gasteiger partial charge in [0.25, 0.3) is 0 Å². The molecule has 0 bridgehead atoms. The molecule has 0 aliphatic heterocycles. The maximum atomic E-state index is 13.7. The first-order valence-electron chi connectivity index (χ1n) is 4.90. The van der Waals surface area contributed by atoms with Gasteiger partial charge in [0.15, 0.2) is 0 Å². The second-order valence-corrected chi connectivity index (χ2v) is 4.22. The Labute approximate surface area is 93.2 Å². The highest BCUT2D eigenvalue weighted by Crippen LogP contribution is 2.21. The lowest BCUT2D eigenvalue weighted by Crippen LogP contribution is -2.04. The summed E-state index contributed by atoms with van der Waals surface area (Å²) in [6.07, 6.45) is 1.48. The number of rotatable bonds is 1. The number of benzene rings is 1. The van der Waals surface area contributed by atoms with E-state index in [2.05, 4.69) is 0 Å². The van der Waals surface area contributed by atoms with Crippen LogP contribution in [0.2, 0.25) is 0 Å². The highest BCUT2D eigenvalue weighted by atomic mass is 32.1. The second kappa shape index (κ2) is 3.74. The summed E-state index contributed by atoms with van der Waals surface area (Å²) in [6, 6.07) is 7.49. The normalized spacial score (nSPS) is 11.2. The number of aromatic nitrogens is 1. The summed E-state index contributed by atoms with van der Waals surface area (Å²) in [6.45, 7) is 3.98. The van der Waals surface area contributed by atoms with Crippen LogP contribution in [0.15, 0.2) is 30.5 Å². The molecule has 0 aliphatic rings. The fourth-order valence-corrected chi connectivity index (χ4v) is 2.09. The van der Waals surface area contributed by atoms with Crippen LogP contribution < -0.4 is 0 Å². The van der Waals surface area contributed by atoms with Crippen LogP contribution in [0.4, 0.5) is 4.39 Å². The Morgan fingerprint density at radius 2 is 1.80 bits per heavy atom. The van der Waals surface area contributed by atoms with Crippen LogP contribution in [0.25, 0.3) is 10.8 Å². The van der Waals surface area contributed by atoms with Crippen LogP contribution >= 0.6 is 12.2 Å². The van der Waals surface area contributed by atoms with Gasteiger partial charge in [0.05, 0.1) is 0 Å². The predicted octanol–water partition coefficient (Wildman–Crippen LogP) is 4.09. The summed E-state index contributed by atoms with van der Waals surface area (Å²) >= 11 is 5.33. The Morgan fingerprint density at radius 3 is 2.40 bits per heavy atom. The van der Waals surface area contributed by atoms with E-state index in [0.29, 0.717) is 10.0 Å². The van der Waals surface area contributed by atoms with E-state index in [0.717, 1.165) is 5.39 Å². The minimum absolute atomic E-state index is 0.177. The van der Waals surface area contributed by atoms with Crippen LogP contribution in [0.3, 0.4) is 0 Å². The summed E-state index contributed by atoms with van der Waals surface area (Å²) in [7, 11) is 0. The zero-order valence-electron chi connectivity index (χ0n) is 8.70. The third-order valence-electron chi connectivity index (χ3n) is 2.46. The average Bonchev–Trinajstić information content (AvgIpc) is 2.23. The standard InChI is InChI=1S/C12H12FNS/c1-8(2)14-7-11(13)9-5-3-4-6-10(9)12(14)15/h3-8H,1-2H3. The molecule has 0 saturated carbocycles. The maximum Gasteiger partial charge on any atom is 0.147 e. The van der Waals surface area contributed by atoms with Gasteiger partial charge in [-0.2, -0.15) is 0 Å². The fourth-order valence-electron chi connectivity index (χ4n) is 1.65. The Hall–Kier alpha value is -1.22. The molecule has 0 spiro atoms. The van der Waals surface area contributed by atoms with Crippen LogP contribution in [0.5, 0.6) is 0 Å². The van der Waals surface area contributed by atoms with Gasteiger partial charge in [0, 0.05) is 23.0 Å². The molecule has 1 aromatic carbocycles. The molecule has 1 heterocycles. The van der Waals surface area contributed by atoms with Crippen molar-refractivity contribution in [2.45, 2.75) is 19.9 Å². The average molecular weight is 221 g/mol. The van der Waals surface area contributed by atoms with Crippen molar-refractivity contribution in [2.75, 3.05) is 0 Å². The fraction of sp³-hybridized carbons (Fsp3) is 0.250. The van der Waals surface area contributed by atoms with Crippen molar-refractivity contribution in [1.29, 1.82) is 0 Å². The molecule has 0 aliphatic carbocycles. The lowest BCUT2D eigenvalue weighted by molar-refractivity contribution is 0.554. The Bertz CT molecular complexity index is 557. The molecule has 3 heteroatoms. The van der Waals surface area contributed by atoms with Gasteiger partial charge in [-0.25, -0.2) is 4.39 Å². The largest absolute Gasteiger partial charge is 0.333 e. The molecule has 0 saturated heterocycles. The van der Waals surface area contributed by atoms with Crippen molar-refractivity contribution < 1.29 is 4.39 Å². The molecular weight excluding hydrogens is 209 g/mol. The number of pyridine rings is 1. The molecule has 78 valence electrons. The zero-order valence-corrected chi connectivity index (χ0v) is 9.51. The molecule has 0 N–H and O–H groups in total. The molecule has 0 fully saturated rings. The van der Waals surface area contributed by atoms with Gasteiger partial charge in [-0.15, -0.1) is 0 Å². The van der Waals surface area contributed by atoms with Crippen LogP contribution in [0.1, 0.15) is 19.9 Å². The number of halogens is 1. The van der Waals surface area contributed by atoms with E-state index in [9.17, 15) is 4.39 Å². The van der Waals surface area contributed by atoms with Crippen molar-refractivity contribution in [1.82, 2.24) is 4.57 Å². The van der Waals surface area contributed by atoms with Crippen molar-refractivity contribution in [3.05, 3.63) is 40.9 Å². The highest BCUT2D eigenvalue weighted by molar-refractivity contribution is 7.71. The van der Waals surface area contributed by atoms with E-state index in [1.54, 1.807) is 10.6 Å². The van der Waals surface area contributed by atoms with Gasteiger partial charge in [-0.1, -0.05) is 36.5 Å². The molecule has 0 atom stereocenters. The second-order valence-electron chi connectivity index (χ2n) is 3.83. The monoisotopic (exact) mass is 221 g/mol. The highest BCUT2D eigenvalue weighted by Gasteiger charge is 2.06. The van der Waals surface area contributed by atoms with Gasteiger partial charge < -0.3 is 4.57 Å². The molecule has 2 aromatic rings. The topological polar surface area (TPSA) is 4.93 Å². The molecule has 15 heavy (non-hydrogen) atoms. The Morgan fingerprint density at radius 1 is 1.20 bits per heavy atom.